The highest BCUT2D eigenvalue weighted by molar-refractivity contribution is 5.14. The highest BCUT2D eigenvalue weighted by Gasteiger charge is 2.62. The van der Waals surface area contributed by atoms with Gasteiger partial charge in [0.1, 0.15) is 0 Å². The zero-order valence-electron chi connectivity index (χ0n) is 8.52. The molecule has 74 valence electrons. The van der Waals surface area contributed by atoms with Crippen molar-refractivity contribution in [3.8, 4) is 6.07 Å². The Morgan fingerprint density at radius 3 is 2.43 bits per heavy atom. The molecule has 0 radical (unpaired) electrons. The van der Waals surface area contributed by atoms with E-state index in [1.54, 1.807) is 0 Å². The van der Waals surface area contributed by atoms with Crippen LogP contribution in [0.1, 0.15) is 32.1 Å². The van der Waals surface area contributed by atoms with Gasteiger partial charge in [-0.25, -0.2) is 0 Å². The molecule has 0 aromatic heterocycles. The van der Waals surface area contributed by atoms with E-state index in [0.717, 1.165) is 35.5 Å². The summed E-state index contributed by atoms with van der Waals surface area (Å²) in [6.45, 7) is 0. The Hall–Kier alpha value is -0.510. The molecule has 0 heterocycles. The molecule has 4 saturated carbocycles. The van der Waals surface area contributed by atoms with E-state index in [4.69, 9.17) is 5.26 Å². The van der Waals surface area contributed by atoms with Gasteiger partial charge in [-0.3, -0.25) is 0 Å². The van der Waals surface area contributed by atoms with E-state index in [1.165, 1.54) is 32.1 Å². The lowest BCUT2D eigenvalue weighted by atomic mass is 9.68. The first kappa shape index (κ1) is 7.74. The van der Waals surface area contributed by atoms with Crippen LogP contribution >= 0.6 is 0 Å². The first-order chi connectivity index (χ1) is 6.88. The molecule has 7 atom stereocenters. The van der Waals surface area contributed by atoms with Crippen LogP contribution in [0.3, 0.4) is 0 Å². The summed E-state index contributed by atoms with van der Waals surface area (Å²) >= 11 is 0. The van der Waals surface area contributed by atoms with Gasteiger partial charge in [-0.05, 0) is 67.6 Å². The minimum atomic E-state index is 0.445. The molecule has 4 rings (SSSR count). The number of hydrogen-bond acceptors (Lipinski definition) is 1. The first-order valence-corrected chi connectivity index (χ1v) is 6.28. The minimum absolute atomic E-state index is 0.445. The standard InChI is InChI=1S/C13H17N/c14-6-10-4-9-5-11(10)13-8-2-1-7(3-8)12(9)13/h7-13H,1-5H2. The molecule has 0 spiro atoms. The third-order valence-corrected chi connectivity index (χ3v) is 5.90. The Bertz CT molecular complexity index is 316. The number of fused-ring (bicyclic) bond motifs is 9. The van der Waals surface area contributed by atoms with E-state index in [-0.39, 0.29) is 0 Å². The van der Waals surface area contributed by atoms with Crippen molar-refractivity contribution in [1.82, 2.24) is 0 Å². The van der Waals surface area contributed by atoms with Crippen molar-refractivity contribution in [1.29, 1.82) is 5.26 Å². The van der Waals surface area contributed by atoms with Crippen LogP contribution in [0.2, 0.25) is 0 Å². The molecule has 0 aliphatic heterocycles. The Balaban J connectivity index is 1.72. The first-order valence-electron chi connectivity index (χ1n) is 6.28. The number of nitrogens with zero attached hydrogens (tertiary/aromatic N) is 1. The summed E-state index contributed by atoms with van der Waals surface area (Å²) in [5, 5.41) is 9.13. The van der Waals surface area contributed by atoms with Crippen LogP contribution in [0.4, 0.5) is 0 Å². The van der Waals surface area contributed by atoms with Gasteiger partial charge in [-0.15, -0.1) is 0 Å². The number of rotatable bonds is 0. The normalized spacial score (nSPS) is 62.9. The maximum atomic E-state index is 9.13. The number of hydrogen-bond donors (Lipinski definition) is 0. The van der Waals surface area contributed by atoms with Gasteiger partial charge in [0.2, 0.25) is 0 Å². The van der Waals surface area contributed by atoms with Crippen LogP contribution in [-0.2, 0) is 0 Å². The van der Waals surface area contributed by atoms with Gasteiger partial charge >= 0.3 is 0 Å². The second-order valence-corrected chi connectivity index (χ2v) is 6.12. The maximum Gasteiger partial charge on any atom is 0.0658 e. The van der Waals surface area contributed by atoms with E-state index in [2.05, 4.69) is 6.07 Å². The van der Waals surface area contributed by atoms with Gasteiger partial charge in [0.25, 0.3) is 0 Å². The van der Waals surface area contributed by atoms with Gasteiger partial charge in [0.15, 0.2) is 0 Å². The summed E-state index contributed by atoms with van der Waals surface area (Å²) < 4.78 is 0. The van der Waals surface area contributed by atoms with Crippen LogP contribution in [-0.4, -0.2) is 0 Å². The highest BCUT2D eigenvalue weighted by atomic mass is 14.7. The predicted octanol–water partition coefficient (Wildman–Crippen LogP) is 2.83. The summed E-state index contributed by atoms with van der Waals surface area (Å²) in [5.41, 5.74) is 0. The molecule has 0 aromatic carbocycles. The van der Waals surface area contributed by atoms with E-state index in [0.29, 0.717) is 5.92 Å². The summed E-state index contributed by atoms with van der Waals surface area (Å²) in [5.74, 6) is 6.42. The van der Waals surface area contributed by atoms with Gasteiger partial charge in [-0.2, -0.15) is 5.26 Å². The second kappa shape index (κ2) is 2.35. The topological polar surface area (TPSA) is 23.8 Å². The third-order valence-electron chi connectivity index (χ3n) is 5.90. The Morgan fingerprint density at radius 2 is 1.64 bits per heavy atom. The minimum Gasteiger partial charge on any atom is -0.198 e. The Labute approximate surface area is 85.5 Å². The van der Waals surface area contributed by atoms with Crippen molar-refractivity contribution in [2.75, 3.05) is 0 Å². The highest BCUT2D eigenvalue weighted by Crippen LogP contribution is 2.68. The molecule has 4 bridgehead atoms. The average Bonchev–Trinajstić information content (AvgIpc) is 2.94. The smallest absolute Gasteiger partial charge is 0.0658 e. The van der Waals surface area contributed by atoms with Crippen molar-refractivity contribution in [2.24, 2.45) is 41.4 Å². The van der Waals surface area contributed by atoms with E-state index < -0.39 is 0 Å². The molecular formula is C13H17N. The van der Waals surface area contributed by atoms with Gasteiger partial charge < -0.3 is 0 Å². The molecule has 4 aliphatic carbocycles. The molecule has 0 aromatic rings. The zero-order chi connectivity index (χ0) is 9.28. The predicted molar refractivity (Wildman–Crippen MR) is 53.1 cm³/mol. The molecule has 1 nitrogen and oxygen atoms in total. The molecule has 4 aliphatic rings. The van der Waals surface area contributed by atoms with Crippen molar-refractivity contribution in [2.45, 2.75) is 32.1 Å². The van der Waals surface area contributed by atoms with E-state index in [1.807, 2.05) is 0 Å². The van der Waals surface area contributed by atoms with Crippen LogP contribution < -0.4 is 0 Å². The lowest BCUT2D eigenvalue weighted by Crippen LogP contribution is -2.31. The molecular weight excluding hydrogens is 170 g/mol. The largest absolute Gasteiger partial charge is 0.198 e. The van der Waals surface area contributed by atoms with Crippen molar-refractivity contribution < 1.29 is 0 Å². The molecule has 0 amide bonds. The van der Waals surface area contributed by atoms with Crippen LogP contribution in [0.5, 0.6) is 0 Å². The van der Waals surface area contributed by atoms with Gasteiger partial charge in [0.05, 0.1) is 6.07 Å². The molecule has 1 heteroatoms. The average molecular weight is 187 g/mol. The van der Waals surface area contributed by atoms with Crippen LogP contribution in [0.25, 0.3) is 0 Å². The van der Waals surface area contributed by atoms with Crippen molar-refractivity contribution in [3.63, 3.8) is 0 Å². The van der Waals surface area contributed by atoms with Crippen molar-refractivity contribution in [3.05, 3.63) is 0 Å². The quantitative estimate of drug-likeness (QED) is 0.535. The molecule has 14 heavy (non-hydrogen) atoms. The SMILES string of the molecule is N#CC1CC2CC1C1C3CCC(C3)C21. The molecule has 4 fully saturated rings. The Morgan fingerprint density at radius 1 is 0.857 bits per heavy atom. The molecule has 0 N–H and O–H groups in total. The fourth-order valence-electron chi connectivity index (χ4n) is 5.71. The van der Waals surface area contributed by atoms with Crippen molar-refractivity contribution >= 4 is 0 Å². The fraction of sp³-hybridized carbons (Fsp3) is 0.923. The third kappa shape index (κ3) is 0.700. The fourth-order valence-corrected chi connectivity index (χ4v) is 5.71. The number of nitriles is 1. The molecule has 0 saturated heterocycles. The van der Waals surface area contributed by atoms with E-state index in [9.17, 15) is 0 Å². The second-order valence-electron chi connectivity index (χ2n) is 6.12. The summed E-state index contributed by atoms with van der Waals surface area (Å²) in [7, 11) is 0. The van der Waals surface area contributed by atoms with Crippen LogP contribution in [0.15, 0.2) is 0 Å². The lowest BCUT2D eigenvalue weighted by molar-refractivity contribution is 0.124. The van der Waals surface area contributed by atoms with Gasteiger partial charge in [0, 0.05) is 5.92 Å². The van der Waals surface area contributed by atoms with Crippen LogP contribution in [0, 0.1) is 52.8 Å². The van der Waals surface area contributed by atoms with E-state index >= 15 is 0 Å². The van der Waals surface area contributed by atoms with Gasteiger partial charge in [-0.1, -0.05) is 0 Å². The summed E-state index contributed by atoms with van der Waals surface area (Å²) in [6, 6.07) is 2.57. The maximum absolute atomic E-state index is 9.13. The monoisotopic (exact) mass is 187 g/mol. The summed E-state index contributed by atoms with van der Waals surface area (Å²) in [4.78, 5) is 0. The Kier molecular flexibility index (Phi) is 1.30. The lowest BCUT2D eigenvalue weighted by Gasteiger charge is -2.36. The summed E-state index contributed by atoms with van der Waals surface area (Å²) in [6.07, 6.45) is 7.21. The molecule has 7 unspecified atom stereocenters. The zero-order valence-corrected chi connectivity index (χ0v) is 8.52.